The van der Waals surface area contributed by atoms with Gasteiger partial charge in [0.05, 0.1) is 6.54 Å². The maximum Gasteiger partial charge on any atom is 0.326 e. The zero-order valence-corrected chi connectivity index (χ0v) is 10.4. The molecule has 0 aromatic heterocycles. The van der Waals surface area contributed by atoms with Gasteiger partial charge in [0.25, 0.3) is 0 Å². The summed E-state index contributed by atoms with van der Waals surface area (Å²) in [6.07, 6.45) is -3.81. The van der Waals surface area contributed by atoms with Crippen molar-refractivity contribution in [3.63, 3.8) is 0 Å². The van der Waals surface area contributed by atoms with Gasteiger partial charge in [0, 0.05) is 0 Å². The van der Waals surface area contributed by atoms with Crippen molar-refractivity contribution in [2.75, 3.05) is 6.54 Å². The van der Waals surface area contributed by atoms with Gasteiger partial charge in [0.2, 0.25) is 0 Å². The van der Waals surface area contributed by atoms with E-state index >= 15 is 0 Å². The summed E-state index contributed by atoms with van der Waals surface area (Å²) in [5, 5.41) is 12.2. The molecule has 1 unspecified atom stereocenters. The summed E-state index contributed by atoms with van der Waals surface area (Å²) in [4.78, 5) is 21.9. The van der Waals surface area contributed by atoms with E-state index in [-0.39, 0.29) is 12.3 Å². The number of urea groups is 1. The Morgan fingerprint density at radius 3 is 2.16 bits per heavy atom. The Bertz CT molecular complexity index is 324. The number of aliphatic carboxylic acids is 1. The largest absolute Gasteiger partial charge is 0.480 e. The first-order valence-corrected chi connectivity index (χ1v) is 5.49. The molecule has 9 heteroatoms. The first kappa shape index (κ1) is 17.5. The summed E-state index contributed by atoms with van der Waals surface area (Å²) in [5.74, 6) is -5.73. The van der Waals surface area contributed by atoms with E-state index in [4.69, 9.17) is 5.11 Å². The maximum absolute atomic E-state index is 12.5. The standard InChI is InChI=1S/C10H16F4N2O3/c1-5(2)3-6(7(17)18)16-9(19)15-4-10(13,14)8(11)12/h5-6,8H,3-4H2,1-2H3,(H,17,18)(H2,15,16,19). The van der Waals surface area contributed by atoms with Gasteiger partial charge in [-0.2, -0.15) is 8.78 Å². The van der Waals surface area contributed by atoms with Gasteiger partial charge in [-0.15, -0.1) is 0 Å². The lowest BCUT2D eigenvalue weighted by Gasteiger charge is -2.19. The van der Waals surface area contributed by atoms with Crippen molar-refractivity contribution in [3.8, 4) is 0 Å². The lowest BCUT2D eigenvalue weighted by Crippen LogP contribution is -2.50. The Balaban J connectivity index is 4.32. The molecule has 19 heavy (non-hydrogen) atoms. The number of amides is 2. The Morgan fingerprint density at radius 2 is 1.79 bits per heavy atom. The van der Waals surface area contributed by atoms with Gasteiger partial charge in [0.15, 0.2) is 0 Å². The molecule has 0 spiro atoms. The number of nitrogens with one attached hydrogen (secondary N) is 2. The molecular weight excluding hydrogens is 272 g/mol. The van der Waals surface area contributed by atoms with Gasteiger partial charge in [-0.25, -0.2) is 18.4 Å². The molecule has 0 heterocycles. The van der Waals surface area contributed by atoms with Crippen LogP contribution in [0.25, 0.3) is 0 Å². The van der Waals surface area contributed by atoms with Crippen molar-refractivity contribution >= 4 is 12.0 Å². The molecule has 0 rings (SSSR count). The van der Waals surface area contributed by atoms with E-state index in [2.05, 4.69) is 0 Å². The van der Waals surface area contributed by atoms with Gasteiger partial charge in [-0.3, -0.25) is 0 Å². The smallest absolute Gasteiger partial charge is 0.326 e. The molecule has 3 N–H and O–H groups in total. The van der Waals surface area contributed by atoms with Crippen LogP contribution in [0.3, 0.4) is 0 Å². The zero-order chi connectivity index (χ0) is 15.2. The van der Waals surface area contributed by atoms with Crippen LogP contribution in [0.2, 0.25) is 0 Å². The van der Waals surface area contributed by atoms with Crippen LogP contribution in [0.1, 0.15) is 20.3 Å². The van der Waals surface area contributed by atoms with Crippen LogP contribution in [-0.2, 0) is 4.79 Å². The molecular formula is C10H16F4N2O3. The molecule has 1 atom stereocenters. The molecule has 0 fully saturated rings. The normalized spacial score (nSPS) is 13.5. The van der Waals surface area contributed by atoms with Crippen molar-refractivity contribution in [2.24, 2.45) is 5.92 Å². The van der Waals surface area contributed by atoms with Crippen LogP contribution in [0.15, 0.2) is 0 Å². The van der Waals surface area contributed by atoms with Crippen LogP contribution in [-0.4, -0.2) is 42.0 Å². The van der Waals surface area contributed by atoms with Gasteiger partial charge in [0.1, 0.15) is 6.04 Å². The average molecular weight is 288 g/mol. The highest BCUT2D eigenvalue weighted by molar-refractivity contribution is 5.82. The number of carboxylic acid groups (broad SMARTS) is 1. The summed E-state index contributed by atoms with van der Waals surface area (Å²) < 4.78 is 48.6. The number of carbonyl (C=O) groups is 2. The monoisotopic (exact) mass is 288 g/mol. The highest BCUT2D eigenvalue weighted by Crippen LogP contribution is 2.21. The van der Waals surface area contributed by atoms with Crippen molar-refractivity contribution in [1.29, 1.82) is 0 Å². The topological polar surface area (TPSA) is 78.4 Å². The molecule has 0 saturated heterocycles. The lowest BCUT2D eigenvalue weighted by molar-refractivity contribution is -0.139. The number of alkyl halides is 4. The summed E-state index contributed by atoms with van der Waals surface area (Å²) >= 11 is 0. The van der Waals surface area contributed by atoms with E-state index in [1.54, 1.807) is 13.8 Å². The highest BCUT2D eigenvalue weighted by atomic mass is 19.3. The minimum atomic E-state index is -4.35. The summed E-state index contributed by atoms with van der Waals surface area (Å²) in [5.41, 5.74) is 0. The van der Waals surface area contributed by atoms with Crippen molar-refractivity contribution in [2.45, 2.75) is 38.7 Å². The third kappa shape index (κ3) is 6.82. The summed E-state index contributed by atoms with van der Waals surface area (Å²) in [7, 11) is 0. The molecule has 0 aliphatic carbocycles. The Labute approximate surface area is 107 Å². The molecule has 0 saturated carbocycles. The predicted octanol–water partition coefficient (Wildman–Crippen LogP) is 1.69. The second-order valence-corrected chi connectivity index (χ2v) is 4.41. The lowest BCUT2D eigenvalue weighted by atomic mass is 10.0. The van der Waals surface area contributed by atoms with Crippen LogP contribution in [0.4, 0.5) is 22.4 Å². The second-order valence-electron chi connectivity index (χ2n) is 4.41. The van der Waals surface area contributed by atoms with Crippen molar-refractivity contribution < 1.29 is 32.3 Å². The fraction of sp³-hybridized carbons (Fsp3) is 0.800. The number of hydrogen-bond acceptors (Lipinski definition) is 2. The number of rotatable bonds is 7. The molecule has 0 bridgehead atoms. The summed E-state index contributed by atoms with van der Waals surface area (Å²) in [6, 6.07) is -2.49. The molecule has 0 aliphatic rings. The molecule has 0 aromatic carbocycles. The van der Waals surface area contributed by atoms with Crippen LogP contribution >= 0.6 is 0 Å². The molecule has 112 valence electrons. The fourth-order valence-electron chi connectivity index (χ4n) is 1.18. The third-order valence-electron chi connectivity index (χ3n) is 2.11. The van der Waals surface area contributed by atoms with Crippen LogP contribution in [0, 0.1) is 5.92 Å². The zero-order valence-electron chi connectivity index (χ0n) is 10.4. The third-order valence-corrected chi connectivity index (χ3v) is 2.11. The van der Waals surface area contributed by atoms with E-state index in [0.29, 0.717) is 0 Å². The van der Waals surface area contributed by atoms with E-state index in [0.717, 1.165) is 0 Å². The van der Waals surface area contributed by atoms with Gasteiger partial charge >= 0.3 is 24.3 Å². The average Bonchev–Trinajstić information content (AvgIpc) is 2.24. The van der Waals surface area contributed by atoms with E-state index in [1.807, 2.05) is 5.32 Å². The van der Waals surface area contributed by atoms with E-state index in [1.165, 1.54) is 5.32 Å². The predicted molar refractivity (Wildman–Crippen MR) is 58.4 cm³/mol. The van der Waals surface area contributed by atoms with Crippen LogP contribution < -0.4 is 10.6 Å². The van der Waals surface area contributed by atoms with Crippen molar-refractivity contribution in [3.05, 3.63) is 0 Å². The minimum absolute atomic E-state index is 0.0519. The van der Waals surface area contributed by atoms with Gasteiger partial charge in [-0.1, -0.05) is 13.8 Å². The number of carbonyl (C=O) groups excluding carboxylic acids is 1. The first-order chi connectivity index (χ1) is 8.56. The molecule has 0 radical (unpaired) electrons. The van der Waals surface area contributed by atoms with E-state index < -0.39 is 36.9 Å². The fourth-order valence-corrected chi connectivity index (χ4v) is 1.18. The SMILES string of the molecule is CC(C)CC(NC(=O)NCC(F)(F)C(F)F)C(=O)O. The minimum Gasteiger partial charge on any atom is -0.480 e. The highest BCUT2D eigenvalue weighted by Gasteiger charge is 2.41. The quantitative estimate of drug-likeness (QED) is 0.624. The molecule has 2 amide bonds. The molecule has 0 aromatic rings. The number of hydrogen-bond donors (Lipinski definition) is 3. The first-order valence-electron chi connectivity index (χ1n) is 5.49. The Morgan fingerprint density at radius 1 is 1.26 bits per heavy atom. The van der Waals surface area contributed by atoms with E-state index in [9.17, 15) is 27.2 Å². The van der Waals surface area contributed by atoms with Crippen molar-refractivity contribution in [1.82, 2.24) is 10.6 Å². The number of halogens is 4. The van der Waals surface area contributed by atoms with Crippen LogP contribution in [0.5, 0.6) is 0 Å². The van der Waals surface area contributed by atoms with Gasteiger partial charge in [-0.05, 0) is 12.3 Å². The maximum atomic E-state index is 12.5. The second kappa shape index (κ2) is 7.15. The summed E-state index contributed by atoms with van der Waals surface area (Å²) in [6.45, 7) is 1.85. The number of carboxylic acids is 1. The molecule has 5 nitrogen and oxygen atoms in total. The molecule has 0 aliphatic heterocycles. The van der Waals surface area contributed by atoms with Gasteiger partial charge < -0.3 is 15.7 Å². The Kier molecular flexibility index (Phi) is 6.57. The Hall–Kier alpha value is -1.54.